The number of hydrogen-bond acceptors (Lipinski definition) is 6. The van der Waals surface area contributed by atoms with Gasteiger partial charge in [0.25, 0.3) is 5.55 Å². The fraction of sp³-hybridized carbons (Fsp3) is 0.217. The molecule has 4 aromatic rings. The quantitative estimate of drug-likeness (QED) is 0.512. The highest BCUT2D eigenvalue weighted by atomic mass is 16.5. The van der Waals surface area contributed by atoms with Crippen molar-refractivity contribution >= 4 is 17.1 Å². The van der Waals surface area contributed by atoms with Crippen LogP contribution in [0.15, 0.2) is 64.1 Å². The fourth-order valence-electron chi connectivity index (χ4n) is 4.18. The normalized spacial score (nSPS) is 16.3. The zero-order chi connectivity index (χ0) is 20.5. The van der Waals surface area contributed by atoms with Crippen LogP contribution in [0.4, 0.5) is 0 Å². The molecule has 3 N–H and O–H groups in total. The van der Waals surface area contributed by atoms with E-state index in [1.807, 2.05) is 35.2 Å². The number of para-hydroxylation sites is 1. The molecular weight excluding hydrogens is 380 g/mol. The van der Waals surface area contributed by atoms with Crippen LogP contribution >= 0.6 is 0 Å². The summed E-state index contributed by atoms with van der Waals surface area (Å²) in [5.41, 5.74) is 5.38. The molecule has 1 atom stereocenters. The van der Waals surface area contributed by atoms with Crippen molar-refractivity contribution < 1.29 is 14.5 Å². The Balaban J connectivity index is 0.000000937. The minimum Gasteiger partial charge on any atom is -0.487 e. The van der Waals surface area contributed by atoms with Gasteiger partial charge in [0.15, 0.2) is 5.35 Å². The van der Waals surface area contributed by atoms with Gasteiger partial charge in [-0.3, -0.25) is 0 Å². The van der Waals surface area contributed by atoms with Gasteiger partial charge in [-0.2, -0.15) is 4.74 Å². The minimum atomic E-state index is 0.269. The van der Waals surface area contributed by atoms with E-state index >= 15 is 0 Å². The molecule has 7 nitrogen and oxygen atoms in total. The molecule has 0 saturated carbocycles. The average Bonchev–Trinajstić information content (AvgIpc) is 2.80. The van der Waals surface area contributed by atoms with Gasteiger partial charge in [0.05, 0.1) is 23.5 Å². The van der Waals surface area contributed by atoms with Crippen LogP contribution < -0.4 is 21.5 Å². The number of ether oxygens (including phenoxy) is 1. The Morgan fingerprint density at radius 1 is 1.13 bits per heavy atom. The highest BCUT2D eigenvalue weighted by Gasteiger charge is 2.27. The van der Waals surface area contributed by atoms with Crippen molar-refractivity contribution in [2.24, 2.45) is 10.9 Å². The highest BCUT2D eigenvalue weighted by Crippen LogP contribution is 2.34. The molecule has 0 amide bonds. The molecule has 152 valence electrons. The Hall–Kier alpha value is -3.42. The smallest absolute Gasteiger partial charge is 0.274 e. The minimum absolute atomic E-state index is 0.269. The Kier molecular flexibility index (Phi) is 4.82. The second-order valence-electron chi connectivity index (χ2n) is 7.42. The van der Waals surface area contributed by atoms with Gasteiger partial charge in [-0.1, -0.05) is 30.3 Å². The zero-order valence-electron chi connectivity index (χ0n) is 16.4. The first-order valence-electron chi connectivity index (χ1n) is 9.97. The van der Waals surface area contributed by atoms with Crippen molar-refractivity contribution in [1.82, 2.24) is 9.72 Å². The van der Waals surface area contributed by atoms with E-state index in [0.717, 1.165) is 52.5 Å². The summed E-state index contributed by atoms with van der Waals surface area (Å²) in [4.78, 5) is 8.78. The third-order valence-electron chi connectivity index (χ3n) is 5.67. The number of fused-ring (bicyclic) bond motifs is 3. The van der Waals surface area contributed by atoms with Crippen molar-refractivity contribution in [1.29, 1.82) is 0 Å². The molecule has 1 unspecified atom stereocenters. The third-order valence-corrected chi connectivity index (χ3v) is 5.67. The molecule has 6 rings (SSSR count). The second-order valence-corrected chi connectivity index (χ2v) is 7.42. The van der Waals surface area contributed by atoms with Crippen LogP contribution in [-0.4, -0.2) is 14.9 Å². The van der Waals surface area contributed by atoms with E-state index < -0.39 is 0 Å². The summed E-state index contributed by atoms with van der Waals surface area (Å²) < 4.78 is 13.7. The first-order chi connectivity index (χ1) is 14.8. The molecule has 1 aliphatic carbocycles. The first-order valence-corrected chi connectivity index (χ1v) is 9.97. The summed E-state index contributed by atoms with van der Waals surface area (Å²) in [7, 11) is 0. The second kappa shape index (κ2) is 7.78. The van der Waals surface area contributed by atoms with Crippen LogP contribution in [0.2, 0.25) is 0 Å². The molecule has 2 aliphatic rings. The molecule has 0 saturated heterocycles. The topological polar surface area (TPSA) is 98.8 Å². The van der Waals surface area contributed by atoms with Crippen molar-refractivity contribution in [3.05, 3.63) is 82.3 Å². The van der Waals surface area contributed by atoms with Crippen molar-refractivity contribution in [3.63, 3.8) is 0 Å². The molecule has 30 heavy (non-hydrogen) atoms. The fourth-order valence-corrected chi connectivity index (χ4v) is 4.18. The summed E-state index contributed by atoms with van der Waals surface area (Å²) in [5, 5.41) is 8.77. The Labute approximate surface area is 172 Å². The summed E-state index contributed by atoms with van der Waals surface area (Å²) in [6.45, 7) is 0.467. The van der Waals surface area contributed by atoms with Crippen LogP contribution in [0.5, 0.6) is 5.75 Å². The van der Waals surface area contributed by atoms with Crippen molar-refractivity contribution in [2.75, 3.05) is 0 Å². The molecule has 2 aromatic carbocycles. The van der Waals surface area contributed by atoms with Crippen molar-refractivity contribution in [2.45, 2.75) is 31.9 Å². The maximum absolute atomic E-state index is 6.50. The van der Waals surface area contributed by atoms with Gasteiger partial charge in [0, 0.05) is 5.39 Å². The number of benzene rings is 2. The number of rotatable bonds is 4. The van der Waals surface area contributed by atoms with E-state index in [4.69, 9.17) is 14.5 Å². The number of nitrogens with two attached hydrogens (primary N) is 1. The summed E-state index contributed by atoms with van der Waals surface area (Å²) in [6, 6.07) is 18.9. The number of hydrogen-bond donors (Lipinski definition) is 2. The molecule has 1 aliphatic heterocycles. The number of pyridine rings is 1. The van der Waals surface area contributed by atoms with Gasteiger partial charge in [-0.25, -0.2) is 15.9 Å². The van der Waals surface area contributed by atoms with E-state index in [2.05, 4.69) is 46.2 Å². The molecule has 0 spiro atoms. The molecule has 0 fully saturated rings. The predicted octanol–water partition coefficient (Wildman–Crippen LogP) is 2.84. The van der Waals surface area contributed by atoms with Crippen LogP contribution in [0.25, 0.3) is 17.1 Å². The molecule has 2 aromatic heterocycles. The summed E-state index contributed by atoms with van der Waals surface area (Å²) in [5.74, 6) is 4.39. The molecule has 0 radical (unpaired) electrons. The lowest BCUT2D eigenvalue weighted by Gasteiger charge is -2.29. The van der Waals surface area contributed by atoms with Gasteiger partial charge in [0.2, 0.25) is 0 Å². The van der Waals surface area contributed by atoms with E-state index in [9.17, 15) is 0 Å². The van der Waals surface area contributed by atoms with E-state index in [0.29, 0.717) is 6.61 Å². The lowest BCUT2D eigenvalue weighted by atomic mass is 9.87. The van der Waals surface area contributed by atoms with Crippen molar-refractivity contribution in [3.8, 4) is 5.75 Å². The monoisotopic (exact) mass is 402 g/mol. The number of aryl methyl sites for hydroxylation is 1. The van der Waals surface area contributed by atoms with Gasteiger partial charge in [0.1, 0.15) is 12.4 Å². The van der Waals surface area contributed by atoms with E-state index in [1.54, 1.807) is 0 Å². The van der Waals surface area contributed by atoms with Gasteiger partial charge in [-0.05, 0) is 54.7 Å². The maximum Gasteiger partial charge on any atom is 0.274 e. The SMILES string of the molecule is C1=c2c(on2C2CCCc3cc(OCc4ccc5ccccc5n4)ccc32)=N1.NO. The summed E-state index contributed by atoms with van der Waals surface area (Å²) >= 11 is 0. The van der Waals surface area contributed by atoms with Gasteiger partial charge < -0.3 is 14.5 Å². The van der Waals surface area contributed by atoms with Crippen LogP contribution in [0.3, 0.4) is 0 Å². The van der Waals surface area contributed by atoms with E-state index in [-0.39, 0.29) is 6.04 Å². The van der Waals surface area contributed by atoms with Gasteiger partial charge >= 0.3 is 0 Å². The zero-order valence-corrected chi connectivity index (χ0v) is 16.4. The predicted molar refractivity (Wildman–Crippen MR) is 112 cm³/mol. The average molecular weight is 402 g/mol. The highest BCUT2D eigenvalue weighted by molar-refractivity contribution is 5.78. The Morgan fingerprint density at radius 2 is 2.03 bits per heavy atom. The molecule has 7 heteroatoms. The maximum atomic E-state index is 6.50. The van der Waals surface area contributed by atoms with Crippen LogP contribution in [0.1, 0.15) is 35.7 Å². The molecule has 3 heterocycles. The molecular formula is C23H22N4O3. The van der Waals surface area contributed by atoms with E-state index in [1.165, 1.54) is 11.1 Å². The number of nitrogens with zero attached hydrogens (tertiary/aromatic N) is 3. The lowest BCUT2D eigenvalue weighted by molar-refractivity contribution is 0.127. The van der Waals surface area contributed by atoms with Crippen LogP contribution in [-0.2, 0) is 13.0 Å². The largest absolute Gasteiger partial charge is 0.487 e. The number of aromatic nitrogens is 2. The lowest BCUT2D eigenvalue weighted by Crippen LogP contribution is -2.49. The standard InChI is InChI=1S/C23H19N3O2.H3NO/c1-2-6-20-15(4-1)8-9-17(25-20)14-27-18-10-11-19-16(12-18)5-3-7-21(19)26-22-13-24-23(22)28-26;1-2/h1-2,4,6,8-13,21H,3,5,7,14H2;2H,1H2. The first kappa shape index (κ1) is 18.6. The Morgan fingerprint density at radius 3 is 2.83 bits per heavy atom. The molecule has 0 bridgehead atoms. The summed E-state index contributed by atoms with van der Waals surface area (Å²) in [6.07, 6.45) is 5.19. The third kappa shape index (κ3) is 3.18. The van der Waals surface area contributed by atoms with Crippen LogP contribution in [0, 0.1) is 0 Å². The van der Waals surface area contributed by atoms with Gasteiger partial charge in [-0.15, -0.1) is 0 Å². The Bertz CT molecular complexity index is 1320.